The highest BCUT2D eigenvalue weighted by Gasteiger charge is 2.24. The summed E-state index contributed by atoms with van der Waals surface area (Å²) in [6, 6.07) is 63.2. The molecule has 270 valence electrons. The maximum absolute atomic E-state index is 10.8. The van der Waals surface area contributed by atoms with E-state index in [1.54, 1.807) is 6.07 Å². The van der Waals surface area contributed by atoms with Crippen LogP contribution < -0.4 is 0 Å². The molecule has 0 saturated heterocycles. The van der Waals surface area contributed by atoms with Gasteiger partial charge in [-0.25, -0.2) is 0 Å². The Hall–Kier alpha value is -8.17. The van der Waals surface area contributed by atoms with E-state index < -0.39 is 0 Å². The Morgan fingerprint density at radius 3 is 1.16 bits per heavy atom. The summed E-state index contributed by atoms with van der Waals surface area (Å²) in [6.45, 7) is 4.19. The first kappa shape index (κ1) is 34.3. The van der Waals surface area contributed by atoms with Crippen molar-refractivity contribution in [3.05, 3.63) is 192 Å². The zero-order valence-corrected chi connectivity index (χ0v) is 31.8. The van der Waals surface area contributed by atoms with Crippen molar-refractivity contribution in [2.24, 2.45) is 0 Å². The lowest BCUT2D eigenvalue weighted by Gasteiger charge is -2.21. The lowest BCUT2D eigenvalue weighted by Crippen LogP contribution is -2.05. The zero-order chi connectivity index (χ0) is 39.5. The molecule has 0 bridgehead atoms. The monoisotopic (exact) mass is 739 g/mol. The molecule has 0 aliphatic carbocycles. The molecule has 2 aromatic heterocycles. The Bertz CT molecular complexity index is 3210. The van der Waals surface area contributed by atoms with Crippen LogP contribution in [-0.2, 0) is 0 Å². The van der Waals surface area contributed by atoms with E-state index in [-0.39, 0.29) is 0 Å². The number of aryl methyl sites for hydroxylation is 2. The van der Waals surface area contributed by atoms with Crippen molar-refractivity contribution in [2.45, 2.75) is 13.8 Å². The van der Waals surface area contributed by atoms with Crippen LogP contribution in [0.2, 0.25) is 0 Å². The van der Waals surface area contributed by atoms with Crippen molar-refractivity contribution in [1.82, 2.24) is 9.13 Å². The Morgan fingerprint density at radius 2 is 0.724 bits per heavy atom. The molecular weight excluding hydrogens is 707 g/mol. The third-order valence-electron chi connectivity index (χ3n) is 11.3. The lowest BCUT2D eigenvalue weighted by atomic mass is 9.95. The molecule has 0 aliphatic rings. The molecule has 5 nitrogen and oxygen atoms in total. The van der Waals surface area contributed by atoms with Gasteiger partial charge in [0, 0.05) is 27.1 Å². The van der Waals surface area contributed by atoms with E-state index in [1.165, 1.54) is 11.1 Å². The summed E-state index contributed by atoms with van der Waals surface area (Å²) in [5.74, 6) is 0. The van der Waals surface area contributed by atoms with Crippen molar-refractivity contribution in [3.63, 3.8) is 0 Å². The fraction of sp³-hybridized carbons (Fsp3) is 0.0377. The summed E-state index contributed by atoms with van der Waals surface area (Å²) in [6.07, 6.45) is 0. The van der Waals surface area contributed by atoms with E-state index in [9.17, 15) is 15.8 Å². The van der Waals surface area contributed by atoms with Gasteiger partial charge in [-0.1, -0.05) is 108 Å². The number of fused-ring (bicyclic) bond motifs is 6. The number of para-hydroxylation sites is 2. The summed E-state index contributed by atoms with van der Waals surface area (Å²) in [4.78, 5) is 0. The highest BCUT2D eigenvalue weighted by atomic mass is 15.0. The summed E-state index contributed by atoms with van der Waals surface area (Å²) in [5, 5.41) is 35.6. The molecule has 8 aromatic carbocycles. The van der Waals surface area contributed by atoms with E-state index in [0.717, 1.165) is 82.8 Å². The molecule has 2 heterocycles. The number of nitriles is 3. The molecule has 10 aromatic rings. The average molecular weight is 740 g/mol. The van der Waals surface area contributed by atoms with Crippen molar-refractivity contribution in [3.8, 4) is 63.0 Å². The van der Waals surface area contributed by atoms with E-state index in [4.69, 9.17) is 0 Å². The topological polar surface area (TPSA) is 81.2 Å². The molecule has 0 saturated carbocycles. The van der Waals surface area contributed by atoms with Gasteiger partial charge in [0.2, 0.25) is 0 Å². The number of rotatable bonds is 5. The van der Waals surface area contributed by atoms with E-state index >= 15 is 0 Å². The lowest BCUT2D eigenvalue weighted by molar-refractivity contribution is 1.13. The Labute approximate surface area is 335 Å². The fourth-order valence-corrected chi connectivity index (χ4v) is 8.54. The maximum atomic E-state index is 10.8. The van der Waals surface area contributed by atoms with Crippen molar-refractivity contribution in [1.29, 1.82) is 15.8 Å². The molecule has 0 atom stereocenters. The van der Waals surface area contributed by atoms with E-state index in [2.05, 4.69) is 163 Å². The summed E-state index contributed by atoms with van der Waals surface area (Å²) in [7, 11) is 0. The second kappa shape index (κ2) is 13.5. The highest BCUT2D eigenvalue weighted by Crippen LogP contribution is 2.44. The Kier molecular flexibility index (Phi) is 8.01. The number of aromatic nitrogens is 2. The van der Waals surface area contributed by atoms with E-state index in [1.807, 2.05) is 36.4 Å². The maximum Gasteiger partial charge on any atom is 0.0993 e. The van der Waals surface area contributed by atoms with Crippen LogP contribution in [0.5, 0.6) is 0 Å². The third-order valence-corrected chi connectivity index (χ3v) is 11.3. The number of hydrogen-bond donors (Lipinski definition) is 0. The SMILES string of the molecule is Cc1ccc(-c2ccc3c(c2)c2ccccc2n3-c2cc(C#N)cc(-n3c4ccccc4c4cc(-c5ccc(C)cc5)ccc43)c2-c2cc(C#N)cc(C#N)c2)cc1. The number of nitrogens with zero attached hydrogens (tertiary/aromatic N) is 5. The third kappa shape index (κ3) is 5.52. The predicted molar refractivity (Wildman–Crippen MR) is 235 cm³/mol. The minimum absolute atomic E-state index is 0.380. The van der Waals surface area contributed by atoms with Crippen LogP contribution in [0.15, 0.2) is 164 Å². The second-order valence-corrected chi connectivity index (χ2v) is 14.9. The van der Waals surface area contributed by atoms with Crippen LogP contribution >= 0.6 is 0 Å². The molecule has 58 heavy (non-hydrogen) atoms. The van der Waals surface area contributed by atoms with Crippen LogP contribution in [0.1, 0.15) is 27.8 Å². The first-order valence-electron chi connectivity index (χ1n) is 19.2. The van der Waals surface area contributed by atoms with Crippen LogP contribution in [0.4, 0.5) is 0 Å². The van der Waals surface area contributed by atoms with Gasteiger partial charge in [-0.15, -0.1) is 0 Å². The molecule has 0 spiro atoms. The predicted octanol–water partition coefficient (Wildman–Crippen LogP) is 13.1. The fourth-order valence-electron chi connectivity index (χ4n) is 8.54. The Morgan fingerprint density at radius 1 is 0.345 bits per heavy atom. The summed E-state index contributed by atoms with van der Waals surface area (Å²) < 4.78 is 4.47. The van der Waals surface area contributed by atoms with Gasteiger partial charge < -0.3 is 9.13 Å². The van der Waals surface area contributed by atoms with Crippen LogP contribution in [0.25, 0.3) is 88.4 Å². The van der Waals surface area contributed by atoms with Gasteiger partial charge in [0.25, 0.3) is 0 Å². The molecule has 5 heteroatoms. The number of benzene rings is 8. The Balaban J connectivity index is 1.34. The largest absolute Gasteiger partial charge is 0.308 e. The molecule has 10 rings (SSSR count). The van der Waals surface area contributed by atoms with Gasteiger partial charge >= 0.3 is 0 Å². The van der Waals surface area contributed by atoms with Crippen LogP contribution in [-0.4, -0.2) is 9.13 Å². The smallest absolute Gasteiger partial charge is 0.0993 e. The molecule has 0 radical (unpaired) electrons. The van der Waals surface area contributed by atoms with Gasteiger partial charge in [0.1, 0.15) is 0 Å². The average Bonchev–Trinajstić information content (AvgIpc) is 3.78. The normalized spacial score (nSPS) is 11.2. The minimum Gasteiger partial charge on any atom is -0.308 e. The van der Waals surface area contributed by atoms with Crippen molar-refractivity contribution >= 4 is 43.6 Å². The minimum atomic E-state index is 0.380. The van der Waals surface area contributed by atoms with Gasteiger partial charge in [-0.05, 0) is 108 Å². The van der Waals surface area contributed by atoms with Crippen molar-refractivity contribution < 1.29 is 0 Å². The molecular formula is C53H33N5. The molecule has 0 aliphatic heterocycles. The van der Waals surface area contributed by atoms with Crippen molar-refractivity contribution in [2.75, 3.05) is 0 Å². The molecule has 0 unspecified atom stereocenters. The standard InChI is InChI=1S/C53H33N5/c1-33-11-15-38(16-12-33)40-19-21-49-45(28-40)43-7-3-5-9-47(43)57(49)51-26-37(32-56)27-52(53(51)42-24-35(30-54)23-36(25-42)31-55)58-48-10-6-4-8-44(48)46-29-41(20-22-50(46)58)39-17-13-34(2)14-18-39/h3-29H,1-2H3. The second-order valence-electron chi connectivity index (χ2n) is 14.9. The number of hydrogen-bond acceptors (Lipinski definition) is 3. The highest BCUT2D eigenvalue weighted by molar-refractivity contribution is 6.13. The summed E-state index contributed by atoms with van der Waals surface area (Å²) >= 11 is 0. The van der Waals surface area contributed by atoms with Gasteiger partial charge in [-0.3, -0.25) is 0 Å². The summed E-state index contributed by atoms with van der Waals surface area (Å²) in [5.41, 5.74) is 15.1. The first-order valence-corrected chi connectivity index (χ1v) is 19.2. The van der Waals surface area contributed by atoms with Gasteiger partial charge in [0.05, 0.1) is 68.3 Å². The van der Waals surface area contributed by atoms with Gasteiger partial charge in [0.15, 0.2) is 0 Å². The zero-order valence-electron chi connectivity index (χ0n) is 31.8. The first-order chi connectivity index (χ1) is 28.4. The molecule has 0 amide bonds. The van der Waals surface area contributed by atoms with E-state index in [0.29, 0.717) is 22.3 Å². The van der Waals surface area contributed by atoms with Crippen LogP contribution in [0.3, 0.4) is 0 Å². The quantitative estimate of drug-likeness (QED) is 0.176. The molecule has 0 N–H and O–H groups in total. The van der Waals surface area contributed by atoms with Gasteiger partial charge in [-0.2, -0.15) is 15.8 Å². The molecule has 0 fully saturated rings. The van der Waals surface area contributed by atoms with Crippen LogP contribution in [0, 0.1) is 47.8 Å².